The Morgan fingerprint density at radius 1 is 1.14 bits per heavy atom. The van der Waals surface area contributed by atoms with Crippen LogP contribution in [0.25, 0.3) is 0 Å². The van der Waals surface area contributed by atoms with E-state index in [4.69, 9.17) is 17.3 Å². The fraction of sp³-hybridized carbons (Fsp3) is 0.0714. The number of nitrogens with two attached hydrogens (primary N) is 1. The molecule has 0 unspecified atom stereocenters. The molecule has 2 aromatic rings. The lowest BCUT2D eigenvalue weighted by Crippen LogP contribution is -2.19. The van der Waals surface area contributed by atoms with Gasteiger partial charge in [-0.15, -0.1) is 0 Å². The molecule has 0 fully saturated rings. The van der Waals surface area contributed by atoms with Crippen LogP contribution in [0.2, 0.25) is 5.02 Å². The molecule has 7 heteroatoms. The number of halogens is 1. The number of aryl methyl sites for hydroxylation is 1. The van der Waals surface area contributed by atoms with E-state index in [0.29, 0.717) is 5.56 Å². The molecule has 0 spiro atoms. The monoisotopic (exact) mass is 324 g/mol. The van der Waals surface area contributed by atoms with Crippen LogP contribution in [-0.2, 0) is 10.0 Å². The molecule has 5 nitrogen and oxygen atoms in total. The van der Waals surface area contributed by atoms with E-state index < -0.39 is 15.9 Å². The Labute approximate surface area is 127 Å². The molecule has 21 heavy (non-hydrogen) atoms. The van der Waals surface area contributed by atoms with E-state index in [9.17, 15) is 13.2 Å². The summed E-state index contributed by atoms with van der Waals surface area (Å²) in [6.45, 7) is 1.68. The first kappa shape index (κ1) is 15.3. The highest BCUT2D eigenvalue weighted by molar-refractivity contribution is 7.92. The van der Waals surface area contributed by atoms with E-state index in [1.807, 2.05) is 0 Å². The van der Waals surface area contributed by atoms with Gasteiger partial charge >= 0.3 is 0 Å². The first-order valence-corrected chi connectivity index (χ1v) is 7.86. The van der Waals surface area contributed by atoms with Crippen molar-refractivity contribution in [1.29, 1.82) is 0 Å². The number of nitrogens with one attached hydrogen (secondary N) is 1. The molecule has 0 aliphatic heterocycles. The van der Waals surface area contributed by atoms with E-state index >= 15 is 0 Å². The molecular weight excluding hydrogens is 312 g/mol. The molecule has 0 atom stereocenters. The Morgan fingerprint density at radius 3 is 2.43 bits per heavy atom. The van der Waals surface area contributed by atoms with Crippen molar-refractivity contribution >= 4 is 33.2 Å². The maximum Gasteiger partial charge on any atom is 0.263 e. The number of benzene rings is 2. The lowest BCUT2D eigenvalue weighted by Gasteiger charge is -2.14. The number of carbonyl (C=O) groups is 1. The zero-order valence-corrected chi connectivity index (χ0v) is 12.7. The fourth-order valence-corrected chi connectivity index (χ4v) is 3.53. The number of hydrogen-bond acceptors (Lipinski definition) is 3. The molecule has 2 aromatic carbocycles. The summed E-state index contributed by atoms with van der Waals surface area (Å²) in [5.41, 5.74) is 6.12. The van der Waals surface area contributed by atoms with Gasteiger partial charge < -0.3 is 5.73 Å². The molecule has 1 amide bonds. The van der Waals surface area contributed by atoms with Gasteiger partial charge in [0.05, 0.1) is 16.3 Å². The van der Waals surface area contributed by atoms with Gasteiger partial charge in [-0.1, -0.05) is 35.9 Å². The largest absolute Gasteiger partial charge is 0.366 e. The second-order valence-electron chi connectivity index (χ2n) is 4.40. The van der Waals surface area contributed by atoms with Gasteiger partial charge in [-0.2, -0.15) is 0 Å². The van der Waals surface area contributed by atoms with Crippen LogP contribution in [-0.4, -0.2) is 14.3 Å². The van der Waals surface area contributed by atoms with Gasteiger partial charge in [0.2, 0.25) is 0 Å². The van der Waals surface area contributed by atoms with E-state index in [1.54, 1.807) is 31.2 Å². The predicted octanol–water partition coefficient (Wildman–Crippen LogP) is 2.55. The molecule has 0 heterocycles. The second-order valence-corrected chi connectivity index (χ2v) is 6.46. The molecule has 0 saturated carbocycles. The third-order valence-corrected chi connectivity index (χ3v) is 4.75. The van der Waals surface area contributed by atoms with Crippen LogP contribution in [0.1, 0.15) is 15.9 Å². The van der Waals surface area contributed by atoms with Crippen LogP contribution in [0, 0.1) is 6.92 Å². The summed E-state index contributed by atoms with van der Waals surface area (Å²) in [7, 11) is -3.91. The number of carbonyl (C=O) groups excluding carboxylic acids is 1. The van der Waals surface area contributed by atoms with Crippen molar-refractivity contribution in [3.05, 3.63) is 58.6 Å². The van der Waals surface area contributed by atoms with E-state index in [2.05, 4.69) is 4.72 Å². The molecule has 2 rings (SSSR count). The Kier molecular flexibility index (Phi) is 4.20. The first-order valence-electron chi connectivity index (χ1n) is 5.99. The maximum absolute atomic E-state index is 12.4. The van der Waals surface area contributed by atoms with Gasteiger partial charge in [-0.3, -0.25) is 9.52 Å². The molecule has 0 bridgehead atoms. The van der Waals surface area contributed by atoms with E-state index in [-0.39, 0.29) is 21.2 Å². The summed E-state index contributed by atoms with van der Waals surface area (Å²) >= 11 is 5.91. The van der Waals surface area contributed by atoms with Gasteiger partial charge in [-0.05, 0) is 30.7 Å². The van der Waals surface area contributed by atoms with Crippen molar-refractivity contribution < 1.29 is 13.2 Å². The standard InChI is InChI=1S/C14H13ClN2O3S/c1-9-5-4-6-10(14(16)18)13(9)17-21(19,20)12-8-3-2-7-11(12)15/h2-8,17H,1H3,(H2,16,18). The van der Waals surface area contributed by atoms with Crippen LogP contribution in [0.4, 0.5) is 5.69 Å². The number of amides is 1. The van der Waals surface area contributed by atoms with Crippen molar-refractivity contribution in [2.75, 3.05) is 4.72 Å². The highest BCUT2D eigenvalue weighted by atomic mass is 35.5. The Balaban J connectivity index is 2.52. The topological polar surface area (TPSA) is 89.3 Å². The first-order chi connectivity index (χ1) is 9.83. The Bertz CT molecular complexity index is 804. The number of sulfonamides is 1. The second kappa shape index (κ2) is 5.75. The average Bonchev–Trinajstić information content (AvgIpc) is 2.41. The Hall–Kier alpha value is -2.05. The summed E-state index contributed by atoms with van der Waals surface area (Å²) in [6, 6.07) is 10.8. The molecule has 0 saturated heterocycles. The zero-order valence-electron chi connectivity index (χ0n) is 11.1. The maximum atomic E-state index is 12.4. The molecule has 0 aliphatic carbocycles. The van der Waals surface area contributed by atoms with Crippen molar-refractivity contribution in [2.45, 2.75) is 11.8 Å². The number of hydrogen-bond donors (Lipinski definition) is 2. The van der Waals surface area contributed by atoms with Gasteiger partial charge in [0.1, 0.15) is 4.90 Å². The number of primary amides is 1. The smallest absolute Gasteiger partial charge is 0.263 e. The number of rotatable bonds is 4. The molecule has 0 radical (unpaired) electrons. The average molecular weight is 325 g/mol. The van der Waals surface area contributed by atoms with Crippen molar-refractivity contribution in [3.63, 3.8) is 0 Å². The predicted molar refractivity (Wildman–Crippen MR) is 82.0 cm³/mol. The van der Waals surface area contributed by atoms with Crippen LogP contribution in [0.3, 0.4) is 0 Å². The van der Waals surface area contributed by atoms with E-state index in [0.717, 1.165) is 0 Å². The summed E-state index contributed by atoms with van der Waals surface area (Å²) < 4.78 is 27.2. The minimum atomic E-state index is -3.91. The summed E-state index contributed by atoms with van der Waals surface area (Å²) in [4.78, 5) is 11.4. The number of para-hydroxylation sites is 1. The van der Waals surface area contributed by atoms with Gasteiger partial charge in [0.15, 0.2) is 0 Å². The quantitative estimate of drug-likeness (QED) is 0.905. The van der Waals surface area contributed by atoms with Crippen LogP contribution < -0.4 is 10.5 Å². The number of anilines is 1. The molecule has 3 N–H and O–H groups in total. The van der Waals surface area contributed by atoms with Gasteiger partial charge in [-0.25, -0.2) is 8.42 Å². The van der Waals surface area contributed by atoms with Crippen LogP contribution >= 0.6 is 11.6 Å². The third-order valence-electron chi connectivity index (χ3n) is 2.90. The summed E-state index contributed by atoms with van der Waals surface area (Å²) in [6.07, 6.45) is 0. The highest BCUT2D eigenvalue weighted by Gasteiger charge is 2.21. The zero-order chi connectivity index (χ0) is 15.6. The Morgan fingerprint density at radius 2 is 1.81 bits per heavy atom. The molecule has 110 valence electrons. The van der Waals surface area contributed by atoms with Gasteiger partial charge in [0.25, 0.3) is 15.9 Å². The minimum Gasteiger partial charge on any atom is -0.366 e. The summed E-state index contributed by atoms with van der Waals surface area (Å²) in [5, 5.41) is 0.0965. The van der Waals surface area contributed by atoms with Crippen molar-refractivity contribution in [3.8, 4) is 0 Å². The minimum absolute atomic E-state index is 0.0645. The lowest BCUT2D eigenvalue weighted by atomic mass is 10.1. The highest BCUT2D eigenvalue weighted by Crippen LogP contribution is 2.27. The van der Waals surface area contributed by atoms with Crippen molar-refractivity contribution in [2.24, 2.45) is 5.73 Å². The third kappa shape index (κ3) is 3.17. The van der Waals surface area contributed by atoms with E-state index in [1.165, 1.54) is 18.2 Å². The molecule has 0 aromatic heterocycles. The summed E-state index contributed by atoms with van der Waals surface area (Å²) in [5.74, 6) is -0.712. The van der Waals surface area contributed by atoms with Gasteiger partial charge in [0, 0.05) is 0 Å². The molecular formula is C14H13ClN2O3S. The molecule has 0 aliphatic rings. The fourth-order valence-electron chi connectivity index (χ4n) is 1.86. The SMILES string of the molecule is Cc1cccc(C(N)=O)c1NS(=O)(=O)c1ccccc1Cl. The van der Waals surface area contributed by atoms with Crippen LogP contribution in [0.15, 0.2) is 47.4 Å². The normalized spacial score (nSPS) is 11.1. The van der Waals surface area contributed by atoms with Crippen LogP contribution in [0.5, 0.6) is 0 Å². The lowest BCUT2D eigenvalue weighted by molar-refractivity contribution is 0.100. The van der Waals surface area contributed by atoms with Crippen molar-refractivity contribution in [1.82, 2.24) is 0 Å².